The van der Waals surface area contributed by atoms with Gasteiger partial charge in [-0.25, -0.2) is 4.98 Å². The Morgan fingerprint density at radius 3 is 3.00 bits per heavy atom. The second-order valence-corrected chi connectivity index (χ2v) is 6.42. The van der Waals surface area contributed by atoms with E-state index in [9.17, 15) is 4.79 Å². The van der Waals surface area contributed by atoms with Gasteiger partial charge in [-0.15, -0.1) is 0 Å². The molecule has 0 aliphatic carbocycles. The first kappa shape index (κ1) is 15.2. The molecular weight excluding hydrogens is 272 g/mol. The number of anilines is 1. The lowest BCUT2D eigenvalue weighted by atomic mass is 10.1. The number of carbonyl (C=O) groups excluding carboxylic acids is 1. The molecule has 0 spiro atoms. The molecular formula is C14H24N4OS. The van der Waals surface area contributed by atoms with Crippen molar-refractivity contribution in [2.75, 3.05) is 18.0 Å². The van der Waals surface area contributed by atoms with Crippen LogP contribution in [0.3, 0.4) is 0 Å². The summed E-state index contributed by atoms with van der Waals surface area (Å²) >= 11 is 1.47. The van der Waals surface area contributed by atoms with Crippen LogP contribution in [0.1, 0.15) is 58.2 Å². The van der Waals surface area contributed by atoms with Crippen LogP contribution in [0.2, 0.25) is 0 Å². The molecule has 0 radical (unpaired) electrons. The highest BCUT2D eigenvalue weighted by Gasteiger charge is 2.23. The Kier molecular flexibility index (Phi) is 5.34. The van der Waals surface area contributed by atoms with Crippen LogP contribution >= 0.6 is 11.5 Å². The Morgan fingerprint density at radius 1 is 1.55 bits per heavy atom. The van der Waals surface area contributed by atoms with Crippen LogP contribution in [0.15, 0.2) is 0 Å². The lowest BCUT2D eigenvalue weighted by Crippen LogP contribution is -2.47. The summed E-state index contributed by atoms with van der Waals surface area (Å²) in [6, 6.07) is 0.245. The average Bonchev–Trinajstić information content (AvgIpc) is 2.89. The van der Waals surface area contributed by atoms with Crippen molar-refractivity contribution in [1.29, 1.82) is 0 Å². The Hall–Kier alpha value is -1.17. The Bertz CT molecular complexity index is 446. The normalized spacial score (nSPS) is 19.4. The van der Waals surface area contributed by atoms with E-state index in [0.29, 0.717) is 12.3 Å². The number of rotatable bonds is 5. The molecule has 20 heavy (non-hydrogen) atoms. The van der Waals surface area contributed by atoms with Gasteiger partial charge in [-0.2, -0.15) is 4.37 Å². The third-order valence-electron chi connectivity index (χ3n) is 3.48. The molecule has 0 bridgehead atoms. The minimum atomic E-state index is 0.166. The van der Waals surface area contributed by atoms with Gasteiger partial charge in [-0.05, 0) is 19.3 Å². The second-order valence-electron chi connectivity index (χ2n) is 5.69. The van der Waals surface area contributed by atoms with Crippen LogP contribution in [0.4, 0.5) is 5.13 Å². The van der Waals surface area contributed by atoms with Gasteiger partial charge in [0, 0.05) is 43.0 Å². The zero-order chi connectivity index (χ0) is 14.5. The molecule has 6 heteroatoms. The number of amides is 1. The van der Waals surface area contributed by atoms with Crippen molar-refractivity contribution < 1.29 is 4.79 Å². The zero-order valence-electron chi connectivity index (χ0n) is 12.6. The summed E-state index contributed by atoms with van der Waals surface area (Å²) in [4.78, 5) is 18.6. The molecule has 1 unspecified atom stereocenters. The fourth-order valence-electron chi connectivity index (χ4n) is 2.38. The van der Waals surface area contributed by atoms with E-state index in [-0.39, 0.29) is 11.9 Å². The molecule has 2 rings (SSSR count). The first-order valence-corrected chi connectivity index (χ1v) is 8.25. The maximum Gasteiger partial charge on any atom is 0.220 e. The molecule has 1 saturated heterocycles. The first-order valence-electron chi connectivity index (χ1n) is 7.48. The maximum atomic E-state index is 11.7. The monoisotopic (exact) mass is 296 g/mol. The topological polar surface area (TPSA) is 58.1 Å². The quantitative estimate of drug-likeness (QED) is 0.907. The molecule has 0 saturated carbocycles. The first-order chi connectivity index (χ1) is 9.60. The van der Waals surface area contributed by atoms with Gasteiger partial charge in [0.15, 0.2) is 0 Å². The number of hydrogen-bond acceptors (Lipinski definition) is 5. The second kappa shape index (κ2) is 7.02. The fourth-order valence-corrected chi connectivity index (χ4v) is 3.23. The minimum Gasteiger partial charge on any atom is -0.352 e. The van der Waals surface area contributed by atoms with Crippen molar-refractivity contribution in [3.63, 3.8) is 0 Å². The minimum absolute atomic E-state index is 0.166. The van der Waals surface area contributed by atoms with Gasteiger partial charge in [0.2, 0.25) is 11.0 Å². The highest BCUT2D eigenvalue weighted by molar-refractivity contribution is 7.09. The molecule has 1 aliphatic rings. The molecule has 1 aromatic rings. The van der Waals surface area contributed by atoms with Gasteiger partial charge < -0.3 is 10.2 Å². The van der Waals surface area contributed by atoms with Crippen molar-refractivity contribution in [1.82, 2.24) is 14.7 Å². The molecule has 1 amide bonds. The molecule has 0 aromatic carbocycles. The molecule has 1 aliphatic heterocycles. The molecule has 2 heterocycles. The van der Waals surface area contributed by atoms with E-state index in [0.717, 1.165) is 43.3 Å². The van der Waals surface area contributed by atoms with Gasteiger partial charge in [-0.3, -0.25) is 4.79 Å². The number of nitrogens with zero attached hydrogens (tertiary/aromatic N) is 3. The summed E-state index contributed by atoms with van der Waals surface area (Å²) in [5.74, 6) is 1.45. The molecule has 1 fully saturated rings. The van der Waals surface area contributed by atoms with Crippen LogP contribution in [-0.2, 0) is 4.79 Å². The molecule has 5 nitrogen and oxygen atoms in total. The fraction of sp³-hybridized carbons (Fsp3) is 0.786. The van der Waals surface area contributed by atoms with Gasteiger partial charge >= 0.3 is 0 Å². The van der Waals surface area contributed by atoms with Crippen molar-refractivity contribution in [2.45, 2.75) is 58.4 Å². The standard InChI is InChI=1S/C14H24N4OS/c1-4-6-12(19)15-11-7-5-8-18(9-11)14-16-13(10(2)3)17-20-14/h10-11H,4-9H2,1-3H3,(H,15,19). The SMILES string of the molecule is CCCC(=O)NC1CCCN(c2nc(C(C)C)ns2)C1. The summed E-state index contributed by atoms with van der Waals surface area (Å²) < 4.78 is 4.41. The van der Waals surface area contributed by atoms with Gasteiger partial charge in [0.05, 0.1) is 0 Å². The van der Waals surface area contributed by atoms with Crippen LogP contribution in [-0.4, -0.2) is 34.4 Å². The number of aromatic nitrogens is 2. The summed E-state index contributed by atoms with van der Waals surface area (Å²) in [6.07, 6.45) is 3.67. The highest BCUT2D eigenvalue weighted by Crippen LogP contribution is 2.24. The Labute approximate surface area is 124 Å². The number of hydrogen-bond donors (Lipinski definition) is 1. The Balaban J connectivity index is 1.93. The average molecular weight is 296 g/mol. The maximum absolute atomic E-state index is 11.7. The summed E-state index contributed by atoms with van der Waals surface area (Å²) in [7, 11) is 0. The largest absolute Gasteiger partial charge is 0.352 e. The highest BCUT2D eigenvalue weighted by atomic mass is 32.1. The van der Waals surface area contributed by atoms with E-state index < -0.39 is 0 Å². The summed E-state index contributed by atoms with van der Waals surface area (Å²) in [5, 5.41) is 4.11. The van der Waals surface area contributed by atoms with Crippen molar-refractivity contribution in [2.24, 2.45) is 0 Å². The van der Waals surface area contributed by atoms with Crippen LogP contribution in [0.25, 0.3) is 0 Å². The Morgan fingerprint density at radius 2 is 2.35 bits per heavy atom. The van der Waals surface area contributed by atoms with E-state index in [1.54, 1.807) is 0 Å². The third-order valence-corrected chi connectivity index (χ3v) is 4.27. The van der Waals surface area contributed by atoms with E-state index in [1.165, 1.54) is 11.5 Å². The third kappa shape index (κ3) is 3.91. The van der Waals surface area contributed by atoms with E-state index in [2.05, 4.69) is 33.4 Å². The zero-order valence-corrected chi connectivity index (χ0v) is 13.4. The number of nitrogens with one attached hydrogen (secondary N) is 1. The van der Waals surface area contributed by atoms with Crippen molar-refractivity contribution in [3.8, 4) is 0 Å². The molecule has 1 aromatic heterocycles. The summed E-state index contributed by atoms with van der Waals surface area (Å²) in [5.41, 5.74) is 0. The van der Waals surface area contributed by atoms with Crippen LogP contribution < -0.4 is 10.2 Å². The summed E-state index contributed by atoms with van der Waals surface area (Å²) in [6.45, 7) is 8.10. The smallest absolute Gasteiger partial charge is 0.220 e. The van der Waals surface area contributed by atoms with Crippen molar-refractivity contribution in [3.05, 3.63) is 5.82 Å². The predicted octanol–water partition coefficient (Wildman–Crippen LogP) is 2.55. The predicted molar refractivity (Wildman–Crippen MR) is 82.3 cm³/mol. The van der Waals surface area contributed by atoms with E-state index in [1.807, 2.05) is 6.92 Å². The molecule has 1 atom stereocenters. The van der Waals surface area contributed by atoms with E-state index >= 15 is 0 Å². The van der Waals surface area contributed by atoms with E-state index in [4.69, 9.17) is 0 Å². The van der Waals surface area contributed by atoms with Crippen molar-refractivity contribution >= 4 is 22.6 Å². The molecule has 1 N–H and O–H groups in total. The van der Waals surface area contributed by atoms with Crippen LogP contribution in [0.5, 0.6) is 0 Å². The van der Waals surface area contributed by atoms with Crippen LogP contribution in [0, 0.1) is 0 Å². The lowest BCUT2D eigenvalue weighted by molar-refractivity contribution is -0.121. The number of carbonyl (C=O) groups is 1. The van der Waals surface area contributed by atoms with Gasteiger partial charge in [0.25, 0.3) is 0 Å². The molecule has 112 valence electrons. The van der Waals surface area contributed by atoms with Gasteiger partial charge in [0.1, 0.15) is 5.82 Å². The van der Waals surface area contributed by atoms with Gasteiger partial charge in [-0.1, -0.05) is 20.8 Å². The number of piperidine rings is 1. The lowest BCUT2D eigenvalue weighted by Gasteiger charge is -2.32.